The molecule has 1 aliphatic carbocycles. The van der Waals surface area contributed by atoms with Crippen LogP contribution in [0.1, 0.15) is 19.3 Å². The number of para-hydroxylation sites is 2. The summed E-state index contributed by atoms with van der Waals surface area (Å²) < 4.78 is 0. The highest BCUT2D eigenvalue weighted by Crippen LogP contribution is 2.51. The molecule has 3 aliphatic rings. The number of fused-ring (bicyclic) bond motifs is 6. The van der Waals surface area contributed by atoms with Gasteiger partial charge in [-0.2, -0.15) is 0 Å². The molecule has 202 valence electrons. The Balaban J connectivity index is 1.13. The normalized spacial score (nSPS) is 19.8. The van der Waals surface area contributed by atoms with Crippen molar-refractivity contribution in [3.05, 3.63) is 85.5 Å². The monoisotopic (exact) mass is 554 g/mol. The van der Waals surface area contributed by atoms with Crippen LogP contribution in [0.3, 0.4) is 0 Å². The van der Waals surface area contributed by atoms with E-state index >= 15 is 0 Å². The molecule has 2 fully saturated rings. The third-order valence-corrected chi connectivity index (χ3v) is 10.5. The maximum Gasteiger partial charge on any atom is 0.0960 e. The van der Waals surface area contributed by atoms with Gasteiger partial charge in [-0.15, -0.1) is 0 Å². The van der Waals surface area contributed by atoms with E-state index in [2.05, 4.69) is 103 Å². The van der Waals surface area contributed by atoms with Crippen molar-refractivity contribution in [2.45, 2.75) is 35.1 Å². The molecule has 6 aromatic rings. The van der Waals surface area contributed by atoms with Crippen molar-refractivity contribution in [1.82, 2.24) is 24.8 Å². The zero-order valence-corrected chi connectivity index (χ0v) is 23.5. The molecule has 2 atom stereocenters. The average molecular weight is 555 g/mol. The van der Waals surface area contributed by atoms with E-state index in [0.717, 1.165) is 58.2 Å². The Morgan fingerprint density at radius 1 is 0.732 bits per heavy atom. The number of piperidine rings is 1. The number of anilines is 2. The number of aromatic nitrogens is 4. The quantitative estimate of drug-likeness (QED) is 0.227. The first-order valence-electron chi connectivity index (χ1n) is 14.6. The fraction of sp³-hybridized carbons (Fsp3) is 0.235. The number of rotatable bonds is 5. The number of imidazole rings is 2. The van der Waals surface area contributed by atoms with Crippen LogP contribution in [0, 0.1) is 5.92 Å². The lowest BCUT2D eigenvalue weighted by atomic mass is 10.0. The van der Waals surface area contributed by atoms with Crippen molar-refractivity contribution in [2.75, 3.05) is 24.5 Å². The van der Waals surface area contributed by atoms with Crippen LogP contribution in [0.5, 0.6) is 0 Å². The molecule has 4 heterocycles. The van der Waals surface area contributed by atoms with Crippen LogP contribution in [0.2, 0.25) is 0 Å². The predicted molar refractivity (Wildman–Crippen MR) is 167 cm³/mol. The molecule has 2 bridgehead atoms. The molecule has 2 aromatic heterocycles. The Morgan fingerprint density at radius 2 is 1.37 bits per heavy atom. The van der Waals surface area contributed by atoms with E-state index in [1.54, 1.807) is 12.7 Å². The minimum absolute atomic E-state index is 0.784. The number of H-pyrrole nitrogens is 2. The molecular weight excluding hydrogens is 524 g/mol. The Labute approximate surface area is 242 Å². The summed E-state index contributed by atoms with van der Waals surface area (Å²) >= 11 is 1.88. The van der Waals surface area contributed by atoms with E-state index in [9.17, 15) is 0 Å². The van der Waals surface area contributed by atoms with E-state index in [1.165, 1.54) is 58.1 Å². The highest BCUT2D eigenvalue weighted by Gasteiger charge is 2.38. The number of benzene rings is 4. The summed E-state index contributed by atoms with van der Waals surface area (Å²) in [6.07, 6.45) is 7.76. The summed E-state index contributed by atoms with van der Waals surface area (Å²) in [5.74, 6) is 0.913. The first-order valence-corrected chi connectivity index (χ1v) is 15.4. The van der Waals surface area contributed by atoms with Crippen LogP contribution in [-0.4, -0.2) is 50.5 Å². The van der Waals surface area contributed by atoms with Gasteiger partial charge < -0.3 is 14.9 Å². The van der Waals surface area contributed by atoms with E-state index in [1.807, 2.05) is 11.8 Å². The van der Waals surface area contributed by atoms with E-state index in [-0.39, 0.29) is 0 Å². The van der Waals surface area contributed by atoms with Crippen molar-refractivity contribution in [3.8, 4) is 22.3 Å². The number of nitrogens with one attached hydrogen (secondary N) is 2. The molecule has 1 saturated heterocycles. The number of hydrogen-bond donors (Lipinski definition) is 2. The molecule has 0 spiro atoms. The summed E-state index contributed by atoms with van der Waals surface area (Å²) in [5.41, 5.74) is 11.5. The van der Waals surface area contributed by atoms with E-state index in [0.29, 0.717) is 0 Å². The number of hydrogen-bond acceptors (Lipinski definition) is 5. The lowest BCUT2D eigenvalue weighted by Gasteiger charge is -2.36. The van der Waals surface area contributed by atoms with Gasteiger partial charge in [0.15, 0.2) is 0 Å². The van der Waals surface area contributed by atoms with Gasteiger partial charge >= 0.3 is 0 Å². The smallest absolute Gasteiger partial charge is 0.0960 e. The lowest BCUT2D eigenvalue weighted by Crippen LogP contribution is -2.38. The van der Waals surface area contributed by atoms with Gasteiger partial charge in [0, 0.05) is 46.6 Å². The Hall–Kier alpha value is -4.07. The van der Waals surface area contributed by atoms with Gasteiger partial charge in [-0.3, -0.25) is 4.90 Å². The second-order valence-electron chi connectivity index (χ2n) is 11.7. The molecule has 6 nitrogen and oxygen atoms in total. The van der Waals surface area contributed by atoms with Crippen molar-refractivity contribution >= 4 is 45.2 Å². The van der Waals surface area contributed by atoms with Crippen LogP contribution in [0.4, 0.5) is 11.4 Å². The van der Waals surface area contributed by atoms with Crippen molar-refractivity contribution < 1.29 is 0 Å². The van der Waals surface area contributed by atoms with Gasteiger partial charge in [-0.25, -0.2) is 9.97 Å². The molecule has 2 aliphatic heterocycles. The highest BCUT2D eigenvalue weighted by atomic mass is 32.2. The maximum absolute atomic E-state index is 4.63. The second-order valence-corrected chi connectivity index (χ2v) is 12.7. The molecule has 2 unspecified atom stereocenters. The van der Waals surface area contributed by atoms with Crippen LogP contribution in [0.25, 0.3) is 44.3 Å². The first kappa shape index (κ1) is 23.6. The largest absolute Gasteiger partial charge is 0.345 e. The van der Waals surface area contributed by atoms with Gasteiger partial charge in [-0.1, -0.05) is 48.2 Å². The summed E-state index contributed by atoms with van der Waals surface area (Å²) in [5, 5.41) is 0. The van der Waals surface area contributed by atoms with E-state index in [4.69, 9.17) is 0 Å². The fourth-order valence-corrected chi connectivity index (χ4v) is 8.56. The lowest BCUT2D eigenvalue weighted by molar-refractivity contribution is 0.219. The SMILES string of the molecule is c1cc(-c2ccc3c(c2)Sc2cc(-c4cccc5[nH]cnc45)ccc2N3CCN2CC3CCC2C3)c2nc[nH]c2c1. The van der Waals surface area contributed by atoms with Gasteiger partial charge in [0.25, 0.3) is 0 Å². The molecule has 41 heavy (non-hydrogen) atoms. The Bertz CT molecular complexity index is 1820. The molecule has 2 N–H and O–H groups in total. The van der Waals surface area contributed by atoms with Gasteiger partial charge in [0.2, 0.25) is 0 Å². The average Bonchev–Trinajstić information content (AvgIpc) is 3.83. The van der Waals surface area contributed by atoms with Gasteiger partial charge in [0.05, 0.1) is 46.1 Å². The molecule has 0 radical (unpaired) electrons. The highest BCUT2D eigenvalue weighted by molar-refractivity contribution is 7.99. The van der Waals surface area contributed by atoms with Crippen molar-refractivity contribution in [3.63, 3.8) is 0 Å². The topological polar surface area (TPSA) is 63.8 Å². The molecule has 7 heteroatoms. The summed E-state index contributed by atoms with van der Waals surface area (Å²) in [4.78, 5) is 23.7. The molecule has 0 amide bonds. The number of likely N-dealkylation sites (tertiary alicyclic amines) is 1. The molecular formula is C34H30N6S. The van der Waals surface area contributed by atoms with Crippen LogP contribution < -0.4 is 4.90 Å². The van der Waals surface area contributed by atoms with Gasteiger partial charge in [0.1, 0.15) is 0 Å². The maximum atomic E-state index is 4.63. The summed E-state index contributed by atoms with van der Waals surface area (Å²) in [7, 11) is 0. The molecule has 9 rings (SSSR count). The fourth-order valence-electron chi connectivity index (χ4n) is 7.39. The van der Waals surface area contributed by atoms with E-state index < -0.39 is 0 Å². The summed E-state index contributed by atoms with van der Waals surface area (Å²) in [6, 6.07) is 27.4. The first-order chi connectivity index (χ1) is 20.3. The zero-order chi connectivity index (χ0) is 26.9. The summed E-state index contributed by atoms with van der Waals surface area (Å²) in [6.45, 7) is 3.37. The minimum Gasteiger partial charge on any atom is -0.345 e. The van der Waals surface area contributed by atoms with Crippen molar-refractivity contribution in [2.24, 2.45) is 5.92 Å². The predicted octanol–water partition coefficient (Wildman–Crippen LogP) is 7.86. The Kier molecular flexibility index (Phi) is 5.31. The van der Waals surface area contributed by atoms with Gasteiger partial charge in [-0.05, 0) is 72.7 Å². The number of nitrogens with zero attached hydrogens (tertiary/aromatic N) is 4. The Morgan fingerprint density at radius 3 is 1.93 bits per heavy atom. The minimum atomic E-state index is 0.784. The van der Waals surface area contributed by atoms with Crippen LogP contribution >= 0.6 is 11.8 Å². The second kappa shape index (κ2) is 9.23. The third kappa shape index (κ3) is 3.83. The van der Waals surface area contributed by atoms with Crippen LogP contribution in [-0.2, 0) is 0 Å². The standard InChI is InChI=1S/C34H30N6S/c1-3-25(33-27(5-1)35-19-37-33)22-8-11-29-31(16-22)41-32-17-23(26-4-2-6-28-34(26)38-20-36-28)9-12-30(32)40(29)14-13-39-18-21-7-10-24(39)15-21/h1-6,8-9,11-12,16-17,19-21,24H,7,10,13-15,18H2,(H,35,37)(H,36,38). The number of aromatic amines is 2. The molecule has 1 saturated carbocycles. The zero-order valence-electron chi connectivity index (χ0n) is 22.7. The van der Waals surface area contributed by atoms with Crippen molar-refractivity contribution in [1.29, 1.82) is 0 Å². The van der Waals surface area contributed by atoms with Crippen LogP contribution in [0.15, 0.2) is 95.2 Å². The molecule has 4 aromatic carbocycles. The third-order valence-electron chi connectivity index (χ3n) is 9.38.